The van der Waals surface area contributed by atoms with Crippen molar-refractivity contribution >= 4 is 44.4 Å². The van der Waals surface area contributed by atoms with E-state index in [9.17, 15) is 14.4 Å². The number of amides is 3. The third-order valence-corrected chi connectivity index (χ3v) is 6.82. The van der Waals surface area contributed by atoms with Crippen molar-refractivity contribution in [3.8, 4) is 5.75 Å². The zero-order valence-electron chi connectivity index (χ0n) is 19.1. The Bertz CT molecular complexity index is 1200. The molecule has 1 aliphatic rings. The number of carbonyl (C=O) groups excluding carboxylic acids is 3. The second-order valence-corrected chi connectivity index (χ2v) is 9.18. The van der Waals surface area contributed by atoms with E-state index in [0.717, 1.165) is 21.7 Å². The standard InChI is InChI=1S/C24H26N4O4S/c1-15-10-11-18(32-4)20-21(15)33-24(25-20)27(13-7-12-26(2)3)19(29)14-28-22(30)16-8-5-6-9-17(16)23(28)31/h5-6,8-11H,7,12-14H2,1-4H3. The van der Waals surface area contributed by atoms with Gasteiger partial charge in [0.1, 0.15) is 17.8 Å². The van der Waals surface area contributed by atoms with Gasteiger partial charge in [0.25, 0.3) is 11.8 Å². The van der Waals surface area contributed by atoms with Crippen LogP contribution >= 0.6 is 11.3 Å². The molecule has 0 radical (unpaired) electrons. The molecule has 1 aromatic heterocycles. The summed E-state index contributed by atoms with van der Waals surface area (Å²) in [6, 6.07) is 10.5. The molecule has 0 spiro atoms. The number of fused-ring (bicyclic) bond motifs is 2. The van der Waals surface area contributed by atoms with Crippen molar-refractivity contribution < 1.29 is 19.1 Å². The Balaban J connectivity index is 1.64. The molecule has 0 aliphatic carbocycles. The van der Waals surface area contributed by atoms with E-state index in [2.05, 4.69) is 0 Å². The molecule has 0 atom stereocenters. The maximum absolute atomic E-state index is 13.4. The lowest BCUT2D eigenvalue weighted by Gasteiger charge is -2.23. The molecule has 0 saturated carbocycles. The molecule has 172 valence electrons. The van der Waals surface area contributed by atoms with Gasteiger partial charge < -0.3 is 9.64 Å². The molecule has 2 heterocycles. The number of imide groups is 1. The Labute approximate surface area is 196 Å². The number of hydrogen-bond acceptors (Lipinski definition) is 7. The average molecular weight is 467 g/mol. The van der Waals surface area contributed by atoms with E-state index in [1.54, 1.807) is 36.3 Å². The minimum Gasteiger partial charge on any atom is -0.494 e. The molecule has 0 unspecified atom stereocenters. The highest BCUT2D eigenvalue weighted by Crippen LogP contribution is 2.36. The van der Waals surface area contributed by atoms with Crippen LogP contribution in [0.15, 0.2) is 36.4 Å². The molecule has 0 N–H and O–H groups in total. The maximum atomic E-state index is 13.4. The van der Waals surface area contributed by atoms with E-state index in [1.165, 1.54) is 11.3 Å². The third-order valence-electron chi connectivity index (χ3n) is 5.60. The highest BCUT2D eigenvalue weighted by atomic mass is 32.1. The molecule has 2 aromatic carbocycles. The first-order chi connectivity index (χ1) is 15.8. The van der Waals surface area contributed by atoms with Gasteiger partial charge in [0.2, 0.25) is 5.91 Å². The van der Waals surface area contributed by atoms with E-state index in [-0.39, 0.29) is 12.5 Å². The van der Waals surface area contributed by atoms with Gasteiger partial charge in [-0.1, -0.05) is 29.5 Å². The van der Waals surface area contributed by atoms with Crippen LogP contribution in [0.2, 0.25) is 0 Å². The fourth-order valence-corrected chi connectivity index (χ4v) is 4.95. The van der Waals surface area contributed by atoms with Gasteiger partial charge in [-0.25, -0.2) is 4.98 Å². The van der Waals surface area contributed by atoms with Crippen LogP contribution in [0.25, 0.3) is 10.2 Å². The molecule has 0 saturated heterocycles. The van der Waals surface area contributed by atoms with Gasteiger partial charge in [-0.3, -0.25) is 24.2 Å². The van der Waals surface area contributed by atoms with Gasteiger partial charge in [-0.15, -0.1) is 0 Å². The molecular formula is C24H26N4O4S. The van der Waals surface area contributed by atoms with Crippen LogP contribution in [0.4, 0.5) is 5.13 Å². The van der Waals surface area contributed by atoms with E-state index in [0.29, 0.717) is 40.5 Å². The number of carbonyl (C=O) groups is 3. The van der Waals surface area contributed by atoms with Gasteiger partial charge in [-0.2, -0.15) is 0 Å². The quantitative estimate of drug-likeness (QED) is 0.474. The number of aryl methyl sites for hydroxylation is 1. The van der Waals surface area contributed by atoms with Crippen molar-refractivity contribution in [3.05, 3.63) is 53.1 Å². The lowest BCUT2D eigenvalue weighted by Crippen LogP contribution is -2.43. The largest absolute Gasteiger partial charge is 0.494 e. The molecule has 4 rings (SSSR count). The summed E-state index contributed by atoms with van der Waals surface area (Å²) >= 11 is 1.41. The lowest BCUT2D eigenvalue weighted by atomic mass is 10.1. The molecular weight excluding hydrogens is 440 g/mol. The zero-order valence-corrected chi connectivity index (χ0v) is 19.9. The number of thiazole rings is 1. The molecule has 8 nitrogen and oxygen atoms in total. The summed E-state index contributed by atoms with van der Waals surface area (Å²) < 4.78 is 6.40. The van der Waals surface area contributed by atoms with E-state index in [4.69, 9.17) is 9.72 Å². The average Bonchev–Trinajstić information content (AvgIpc) is 3.34. The van der Waals surface area contributed by atoms with Crippen LogP contribution in [0, 0.1) is 6.92 Å². The van der Waals surface area contributed by atoms with E-state index in [1.807, 2.05) is 38.1 Å². The number of anilines is 1. The predicted octanol–water partition coefficient (Wildman–Crippen LogP) is 3.19. The summed E-state index contributed by atoms with van der Waals surface area (Å²) in [5, 5.41) is 0.526. The van der Waals surface area contributed by atoms with Crippen LogP contribution in [-0.4, -0.2) is 73.3 Å². The second-order valence-electron chi connectivity index (χ2n) is 8.20. The predicted molar refractivity (Wildman–Crippen MR) is 128 cm³/mol. The van der Waals surface area contributed by atoms with Gasteiger partial charge in [0.05, 0.1) is 22.9 Å². The second kappa shape index (κ2) is 9.29. The Morgan fingerprint density at radius 1 is 1.06 bits per heavy atom. The Morgan fingerprint density at radius 3 is 2.33 bits per heavy atom. The number of nitrogens with zero attached hydrogens (tertiary/aromatic N) is 4. The van der Waals surface area contributed by atoms with Gasteiger partial charge in [0, 0.05) is 6.54 Å². The summed E-state index contributed by atoms with van der Waals surface area (Å²) in [6.45, 7) is 2.85. The van der Waals surface area contributed by atoms with Crippen molar-refractivity contribution in [2.45, 2.75) is 13.3 Å². The number of ether oxygens (including phenoxy) is 1. The van der Waals surface area contributed by atoms with Crippen molar-refractivity contribution in [2.24, 2.45) is 0 Å². The maximum Gasteiger partial charge on any atom is 0.262 e. The van der Waals surface area contributed by atoms with Crippen LogP contribution in [0.5, 0.6) is 5.75 Å². The topological polar surface area (TPSA) is 83.0 Å². The highest BCUT2D eigenvalue weighted by Gasteiger charge is 2.37. The monoisotopic (exact) mass is 466 g/mol. The molecule has 3 amide bonds. The van der Waals surface area contributed by atoms with Gasteiger partial charge in [0.15, 0.2) is 5.13 Å². The number of rotatable bonds is 8. The van der Waals surface area contributed by atoms with Crippen molar-refractivity contribution in [1.29, 1.82) is 0 Å². The molecule has 9 heteroatoms. The van der Waals surface area contributed by atoms with Crippen molar-refractivity contribution in [1.82, 2.24) is 14.8 Å². The first-order valence-corrected chi connectivity index (χ1v) is 11.5. The fourth-order valence-electron chi connectivity index (χ4n) is 3.85. The molecule has 3 aromatic rings. The van der Waals surface area contributed by atoms with E-state index >= 15 is 0 Å². The molecule has 0 fully saturated rings. The fraction of sp³-hybridized carbons (Fsp3) is 0.333. The highest BCUT2D eigenvalue weighted by molar-refractivity contribution is 7.22. The van der Waals surface area contributed by atoms with Gasteiger partial charge in [-0.05, 0) is 57.7 Å². The normalized spacial score (nSPS) is 13.2. The van der Waals surface area contributed by atoms with Crippen LogP contribution in [0.3, 0.4) is 0 Å². The first-order valence-electron chi connectivity index (χ1n) is 10.7. The lowest BCUT2D eigenvalue weighted by molar-refractivity contribution is -0.119. The van der Waals surface area contributed by atoms with Gasteiger partial charge >= 0.3 is 0 Å². The SMILES string of the molecule is COc1ccc(C)c2sc(N(CCCN(C)C)C(=O)CN3C(=O)c4ccccc4C3=O)nc12. The summed E-state index contributed by atoms with van der Waals surface area (Å²) in [5.41, 5.74) is 2.39. The molecule has 1 aliphatic heterocycles. The minimum atomic E-state index is -0.445. The van der Waals surface area contributed by atoms with Crippen LogP contribution in [0.1, 0.15) is 32.7 Å². The first kappa shape index (κ1) is 22.9. The Kier molecular flexibility index (Phi) is 6.44. The zero-order chi connectivity index (χ0) is 23.7. The minimum absolute atomic E-state index is 0.329. The number of benzene rings is 2. The van der Waals surface area contributed by atoms with Crippen LogP contribution in [-0.2, 0) is 4.79 Å². The van der Waals surface area contributed by atoms with Crippen molar-refractivity contribution in [3.63, 3.8) is 0 Å². The van der Waals surface area contributed by atoms with E-state index < -0.39 is 11.8 Å². The summed E-state index contributed by atoms with van der Waals surface area (Å²) in [6.07, 6.45) is 0.715. The Hall–Kier alpha value is -3.30. The summed E-state index contributed by atoms with van der Waals surface area (Å²) in [4.78, 5) is 48.3. The third kappa shape index (κ3) is 4.34. The summed E-state index contributed by atoms with van der Waals surface area (Å²) in [7, 11) is 5.53. The number of aromatic nitrogens is 1. The number of methoxy groups -OCH3 is 1. The molecule has 0 bridgehead atoms. The smallest absolute Gasteiger partial charge is 0.262 e. The summed E-state index contributed by atoms with van der Waals surface area (Å²) in [5.74, 6) is -0.601. The number of hydrogen-bond donors (Lipinski definition) is 0. The van der Waals surface area contributed by atoms with Crippen LogP contribution < -0.4 is 9.64 Å². The van der Waals surface area contributed by atoms with Crippen molar-refractivity contribution in [2.75, 3.05) is 45.7 Å². The Morgan fingerprint density at radius 2 is 1.73 bits per heavy atom. The molecule has 33 heavy (non-hydrogen) atoms.